The zero-order valence-corrected chi connectivity index (χ0v) is 14.4. The number of nitrogens with one attached hydrogen (secondary N) is 1. The lowest BCUT2D eigenvalue weighted by Crippen LogP contribution is -2.49. The number of rotatable bonds is 4. The van der Waals surface area contributed by atoms with Gasteiger partial charge in [0.2, 0.25) is 0 Å². The van der Waals surface area contributed by atoms with Crippen LogP contribution in [0, 0.1) is 6.92 Å². The first-order chi connectivity index (χ1) is 7.91. The molecule has 0 atom stereocenters. The second-order valence-corrected chi connectivity index (χ2v) is 6.28. The highest BCUT2D eigenvalue weighted by Gasteiger charge is 2.24. The van der Waals surface area contributed by atoms with Gasteiger partial charge in [-0.1, -0.05) is 47.8 Å². The molecule has 0 saturated heterocycles. The van der Waals surface area contributed by atoms with Crippen molar-refractivity contribution in [3.8, 4) is 0 Å². The molecule has 0 aliphatic carbocycles. The SMILES string of the molecule is Cc1cc(Br)ccc1C(=O)NC(C)(CBr)CBr. The van der Waals surface area contributed by atoms with E-state index in [-0.39, 0.29) is 11.4 Å². The molecule has 1 aromatic carbocycles. The third kappa shape index (κ3) is 4.07. The first-order valence-electron chi connectivity index (χ1n) is 5.12. The molecular formula is C12H14Br3NO. The minimum Gasteiger partial charge on any atom is -0.345 e. The van der Waals surface area contributed by atoms with Gasteiger partial charge in [0.05, 0.1) is 5.54 Å². The number of benzene rings is 1. The van der Waals surface area contributed by atoms with Crippen molar-refractivity contribution in [3.05, 3.63) is 33.8 Å². The summed E-state index contributed by atoms with van der Waals surface area (Å²) in [5.41, 5.74) is 1.39. The van der Waals surface area contributed by atoms with E-state index < -0.39 is 0 Å². The first kappa shape index (κ1) is 15.2. The molecule has 0 spiro atoms. The normalized spacial score (nSPS) is 11.4. The summed E-state index contributed by atoms with van der Waals surface area (Å²) in [7, 11) is 0. The van der Waals surface area contributed by atoms with Gasteiger partial charge in [-0.25, -0.2) is 0 Å². The molecule has 0 radical (unpaired) electrons. The molecule has 2 nitrogen and oxygen atoms in total. The lowest BCUT2D eigenvalue weighted by molar-refractivity contribution is 0.0922. The van der Waals surface area contributed by atoms with Gasteiger partial charge >= 0.3 is 0 Å². The number of carbonyl (C=O) groups is 1. The van der Waals surface area contributed by atoms with Crippen LogP contribution in [0.25, 0.3) is 0 Å². The van der Waals surface area contributed by atoms with Crippen molar-refractivity contribution in [2.45, 2.75) is 19.4 Å². The van der Waals surface area contributed by atoms with E-state index in [1.807, 2.05) is 32.0 Å². The number of amides is 1. The summed E-state index contributed by atoms with van der Waals surface area (Å²) in [5, 5.41) is 4.42. The van der Waals surface area contributed by atoms with Crippen LogP contribution in [0.4, 0.5) is 0 Å². The van der Waals surface area contributed by atoms with Crippen molar-refractivity contribution in [2.75, 3.05) is 10.7 Å². The molecule has 1 amide bonds. The van der Waals surface area contributed by atoms with Crippen LogP contribution in [0.1, 0.15) is 22.8 Å². The average molecular weight is 428 g/mol. The highest BCUT2D eigenvalue weighted by Crippen LogP contribution is 2.18. The summed E-state index contributed by atoms with van der Waals surface area (Å²) >= 11 is 10.2. The molecule has 0 bridgehead atoms. The maximum Gasteiger partial charge on any atom is 0.252 e. The molecule has 17 heavy (non-hydrogen) atoms. The molecule has 1 N–H and O–H groups in total. The van der Waals surface area contributed by atoms with Crippen molar-refractivity contribution >= 4 is 53.7 Å². The second-order valence-electron chi connectivity index (χ2n) is 4.24. The van der Waals surface area contributed by atoms with Gasteiger partial charge in [0.15, 0.2) is 0 Å². The van der Waals surface area contributed by atoms with Gasteiger partial charge in [0, 0.05) is 20.7 Å². The smallest absolute Gasteiger partial charge is 0.252 e. The van der Waals surface area contributed by atoms with Crippen LogP contribution >= 0.6 is 47.8 Å². The van der Waals surface area contributed by atoms with E-state index in [9.17, 15) is 4.79 Å². The van der Waals surface area contributed by atoms with Crippen molar-refractivity contribution in [1.82, 2.24) is 5.32 Å². The molecule has 5 heteroatoms. The summed E-state index contributed by atoms with van der Waals surface area (Å²) < 4.78 is 0.982. The summed E-state index contributed by atoms with van der Waals surface area (Å²) in [6.45, 7) is 3.92. The van der Waals surface area contributed by atoms with E-state index in [0.717, 1.165) is 10.0 Å². The molecule has 1 rings (SSSR count). The Morgan fingerprint density at radius 1 is 1.35 bits per heavy atom. The zero-order chi connectivity index (χ0) is 13.1. The van der Waals surface area contributed by atoms with Crippen LogP contribution in [0.2, 0.25) is 0 Å². The van der Waals surface area contributed by atoms with E-state index in [4.69, 9.17) is 0 Å². The van der Waals surface area contributed by atoms with Crippen LogP contribution in [0.5, 0.6) is 0 Å². The van der Waals surface area contributed by atoms with Crippen LogP contribution in [0.3, 0.4) is 0 Å². The van der Waals surface area contributed by atoms with Crippen LogP contribution < -0.4 is 5.32 Å². The van der Waals surface area contributed by atoms with Gasteiger partial charge < -0.3 is 5.32 Å². The minimum atomic E-state index is -0.281. The molecule has 0 aromatic heterocycles. The summed E-state index contributed by atoms with van der Waals surface area (Å²) in [6, 6.07) is 5.65. The van der Waals surface area contributed by atoms with E-state index in [1.54, 1.807) is 0 Å². The van der Waals surface area contributed by atoms with Gasteiger partial charge in [-0.05, 0) is 37.6 Å². The van der Waals surface area contributed by atoms with Gasteiger partial charge in [0.1, 0.15) is 0 Å². The third-order valence-electron chi connectivity index (χ3n) is 2.44. The molecule has 0 aliphatic rings. The summed E-state index contributed by atoms with van der Waals surface area (Å²) in [4.78, 5) is 12.1. The van der Waals surface area contributed by atoms with Crippen LogP contribution in [-0.4, -0.2) is 22.1 Å². The second kappa shape index (κ2) is 6.34. The standard InChI is InChI=1S/C12H14Br3NO/c1-8-5-9(15)3-4-10(8)11(17)16-12(2,6-13)7-14/h3-5H,6-7H2,1-2H3,(H,16,17). The largest absolute Gasteiger partial charge is 0.345 e. The number of alkyl halides is 2. The minimum absolute atomic E-state index is 0.0450. The summed E-state index contributed by atoms with van der Waals surface area (Å²) in [5.74, 6) is -0.0450. The fourth-order valence-corrected chi connectivity index (χ4v) is 3.01. The van der Waals surface area contributed by atoms with E-state index in [0.29, 0.717) is 16.2 Å². The maximum atomic E-state index is 12.1. The highest BCUT2D eigenvalue weighted by molar-refractivity contribution is 9.10. The number of carbonyl (C=O) groups excluding carboxylic acids is 1. The third-order valence-corrected chi connectivity index (χ3v) is 5.41. The molecule has 1 aromatic rings. The Morgan fingerprint density at radius 3 is 2.41 bits per heavy atom. The van der Waals surface area contributed by atoms with Gasteiger partial charge in [-0.2, -0.15) is 0 Å². The lowest BCUT2D eigenvalue weighted by Gasteiger charge is -2.26. The quantitative estimate of drug-likeness (QED) is 0.722. The molecular weight excluding hydrogens is 414 g/mol. The Morgan fingerprint density at radius 2 is 1.94 bits per heavy atom. The molecule has 0 unspecified atom stereocenters. The molecule has 0 saturated carbocycles. The fraction of sp³-hybridized carbons (Fsp3) is 0.417. The Bertz CT molecular complexity index is 416. The van der Waals surface area contributed by atoms with Crippen molar-refractivity contribution in [2.24, 2.45) is 0 Å². The topological polar surface area (TPSA) is 29.1 Å². The number of hydrogen-bond acceptors (Lipinski definition) is 1. The van der Waals surface area contributed by atoms with Gasteiger partial charge in [-0.3, -0.25) is 4.79 Å². The Balaban J connectivity index is 2.90. The lowest BCUT2D eigenvalue weighted by atomic mass is 10.0. The number of aryl methyl sites for hydroxylation is 1. The Hall–Kier alpha value is 0.130. The monoisotopic (exact) mass is 425 g/mol. The van der Waals surface area contributed by atoms with Crippen molar-refractivity contribution in [1.29, 1.82) is 0 Å². The molecule has 0 heterocycles. The molecule has 0 aliphatic heterocycles. The predicted molar refractivity (Wildman–Crippen MR) is 82.3 cm³/mol. The fourth-order valence-electron chi connectivity index (χ4n) is 1.33. The van der Waals surface area contributed by atoms with E-state index in [1.165, 1.54) is 0 Å². The van der Waals surface area contributed by atoms with Crippen LogP contribution in [0.15, 0.2) is 22.7 Å². The van der Waals surface area contributed by atoms with Crippen LogP contribution in [-0.2, 0) is 0 Å². The zero-order valence-electron chi connectivity index (χ0n) is 9.69. The molecule has 94 valence electrons. The Kier molecular flexibility index (Phi) is 5.67. The Labute approximate surface area is 127 Å². The number of hydrogen-bond donors (Lipinski definition) is 1. The highest BCUT2D eigenvalue weighted by atomic mass is 79.9. The van der Waals surface area contributed by atoms with Crippen molar-refractivity contribution < 1.29 is 4.79 Å². The van der Waals surface area contributed by atoms with E-state index >= 15 is 0 Å². The first-order valence-corrected chi connectivity index (χ1v) is 8.16. The average Bonchev–Trinajstić information content (AvgIpc) is 2.28. The molecule has 0 fully saturated rings. The van der Waals surface area contributed by atoms with Gasteiger partial charge in [-0.15, -0.1) is 0 Å². The van der Waals surface area contributed by atoms with Crippen molar-refractivity contribution in [3.63, 3.8) is 0 Å². The summed E-state index contributed by atoms with van der Waals surface area (Å²) in [6.07, 6.45) is 0. The maximum absolute atomic E-state index is 12.1. The van der Waals surface area contributed by atoms with E-state index in [2.05, 4.69) is 53.1 Å². The number of halogens is 3. The van der Waals surface area contributed by atoms with Gasteiger partial charge in [0.25, 0.3) is 5.91 Å². The predicted octanol–water partition coefficient (Wildman–Crippen LogP) is 4.04.